The number of nitrogens with two attached hydrogens (primary N) is 1. The summed E-state index contributed by atoms with van der Waals surface area (Å²) in [6.07, 6.45) is 12.8. The molecule has 0 heterocycles. The number of rotatable bonds is 4. The normalized spacial score (nSPS) is 38.4. The van der Waals surface area contributed by atoms with Crippen LogP contribution in [0.25, 0.3) is 0 Å². The highest BCUT2D eigenvalue weighted by molar-refractivity contribution is 4.84. The molecular weight excluding hydrogens is 230 g/mol. The van der Waals surface area contributed by atoms with Gasteiger partial charge in [-0.1, -0.05) is 52.9 Å². The molecule has 0 aliphatic heterocycles. The van der Waals surface area contributed by atoms with Crippen LogP contribution in [0.4, 0.5) is 0 Å². The average molecular weight is 265 g/mol. The second kappa shape index (κ2) is 7.11. The summed E-state index contributed by atoms with van der Waals surface area (Å²) in [6.45, 7) is 7.30. The highest BCUT2D eigenvalue weighted by atomic mass is 14.7. The molecule has 1 nitrogen and oxygen atoms in total. The molecule has 2 aliphatic rings. The molecule has 1 heteroatoms. The van der Waals surface area contributed by atoms with E-state index in [1.54, 1.807) is 0 Å². The molecule has 0 radical (unpaired) electrons. The zero-order chi connectivity index (χ0) is 13.8. The molecule has 0 bridgehead atoms. The van der Waals surface area contributed by atoms with Crippen LogP contribution >= 0.6 is 0 Å². The predicted molar refractivity (Wildman–Crippen MR) is 84.0 cm³/mol. The molecule has 0 aromatic rings. The number of hydrogen-bond acceptors (Lipinski definition) is 1. The van der Waals surface area contributed by atoms with Crippen LogP contribution in [0.3, 0.4) is 0 Å². The number of hydrogen-bond donors (Lipinski definition) is 1. The largest absolute Gasteiger partial charge is 0.327 e. The summed E-state index contributed by atoms with van der Waals surface area (Å²) in [5, 5.41) is 0. The van der Waals surface area contributed by atoms with Crippen molar-refractivity contribution in [3.63, 3.8) is 0 Å². The van der Waals surface area contributed by atoms with E-state index in [4.69, 9.17) is 5.73 Å². The fraction of sp³-hybridized carbons (Fsp3) is 1.00. The van der Waals surface area contributed by atoms with Gasteiger partial charge in [-0.15, -0.1) is 0 Å². The zero-order valence-electron chi connectivity index (χ0n) is 13.4. The van der Waals surface area contributed by atoms with Crippen LogP contribution in [0, 0.1) is 29.6 Å². The van der Waals surface area contributed by atoms with Crippen molar-refractivity contribution in [3.8, 4) is 0 Å². The van der Waals surface area contributed by atoms with E-state index >= 15 is 0 Å². The molecule has 2 aliphatic carbocycles. The van der Waals surface area contributed by atoms with Crippen LogP contribution in [-0.2, 0) is 0 Å². The third-order valence-electron chi connectivity index (χ3n) is 6.08. The monoisotopic (exact) mass is 265 g/mol. The lowest BCUT2D eigenvalue weighted by Crippen LogP contribution is -2.37. The van der Waals surface area contributed by atoms with E-state index in [2.05, 4.69) is 20.8 Å². The molecule has 0 spiro atoms. The van der Waals surface area contributed by atoms with Crippen molar-refractivity contribution < 1.29 is 0 Å². The maximum atomic E-state index is 6.36. The first kappa shape index (κ1) is 15.4. The van der Waals surface area contributed by atoms with Gasteiger partial charge in [0.05, 0.1) is 0 Å². The second-order valence-electron chi connectivity index (χ2n) is 7.86. The molecule has 0 aromatic heterocycles. The molecule has 19 heavy (non-hydrogen) atoms. The Labute approximate surface area is 120 Å². The van der Waals surface area contributed by atoms with E-state index in [1.807, 2.05) is 0 Å². The first-order valence-corrected chi connectivity index (χ1v) is 8.83. The lowest BCUT2D eigenvalue weighted by molar-refractivity contribution is 0.150. The quantitative estimate of drug-likeness (QED) is 0.761. The molecule has 112 valence electrons. The van der Waals surface area contributed by atoms with E-state index in [-0.39, 0.29) is 0 Å². The van der Waals surface area contributed by atoms with E-state index in [0.717, 1.165) is 29.6 Å². The second-order valence-corrected chi connectivity index (χ2v) is 7.86. The fourth-order valence-corrected chi connectivity index (χ4v) is 4.75. The van der Waals surface area contributed by atoms with Gasteiger partial charge in [0, 0.05) is 6.04 Å². The van der Waals surface area contributed by atoms with E-state index < -0.39 is 0 Å². The van der Waals surface area contributed by atoms with Crippen LogP contribution in [0.5, 0.6) is 0 Å². The Hall–Kier alpha value is -0.0400. The Balaban J connectivity index is 1.82. The lowest BCUT2D eigenvalue weighted by atomic mass is 9.69. The van der Waals surface area contributed by atoms with Crippen molar-refractivity contribution in [2.45, 2.75) is 84.6 Å². The highest BCUT2D eigenvalue weighted by Gasteiger charge is 2.31. The third kappa shape index (κ3) is 4.21. The van der Waals surface area contributed by atoms with Gasteiger partial charge in [0.25, 0.3) is 0 Å². The van der Waals surface area contributed by atoms with Gasteiger partial charge in [0.15, 0.2) is 0 Å². The minimum Gasteiger partial charge on any atom is -0.327 e. The Kier molecular flexibility index (Phi) is 5.74. The van der Waals surface area contributed by atoms with Crippen LogP contribution in [0.2, 0.25) is 0 Å². The van der Waals surface area contributed by atoms with Crippen LogP contribution in [0.15, 0.2) is 0 Å². The van der Waals surface area contributed by atoms with Gasteiger partial charge in [-0.3, -0.25) is 0 Å². The summed E-state index contributed by atoms with van der Waals surface area (Å²) in [5.74, 6) is 4.53. The van der Waals surface area contributed by atoms with Crippen molar-refractivity contribution in [2.75, 3.05) is 0 Å². The van der Waals surface area contributed by atoms with Crippen molar-refractivity contribution in [2.24, 2.45) is 35.3 Å². The minimum atomic E-state index is 0.494. The molecular formula is C18H35N. The summed E-state index contributed by atoms with van der Waals surface area (Å²) >= 11 is 0. The standard InChI is InChI=1S/C18H35N/c1-13(2)16-8-6-7-15(12-16)11-14(3)17-9-4-5-10-18(17)19/h13-18H,4-12,19H2,1-3H3. The molecule has 5 atom stereocenters. The molecule has 2 fully saturated rings. The zero-order valence-corrected chi connectivity index (χ0v) is 13.4. The fourth-order valence-electron chi connectivity index (χ4n) is 4.75. The van der Waals surface area contributed by atoms with Gasteiger partial charge in [-0.25, -0.2) is 0 Å². The summed E-state index contributed by atoms with van der Waals surface area (Å²) < 4.78 is 0. The Morgan fingerprint density at radius 1 is 0.947 bits per heavy atom. The predicted octanol–water partition coefficient (Wildman–Crippen LogP) is 4.99. The Morgan fingerprint density at radius 2 is 1.68 bits per heavy atom. The summed E-state index contributed by atoms with van der Waals surface area (Å²) in [6, 6.07) is 0.494. The Morgan fingerprint density at radius 3 is 2.37 bits per heavy atom. The van der Waals surface area contributed by atoms with Gasteiger partial charge >= 0.3 is 0 Å². The molecule has 0 saturated heterocycles. The van der Waals surface area contributed by atoms with E-state index in [0.29, 0.717) is 6.04 Å². The van der Waals surface area contributed by atoms with Crippen LogP contribution < -0.4 is 5.73 Å². The average Bonchev–Trinajstić information content (AvgIpc) is 2.39. The van der Waals surface area contributed by atoms with Crippen molar-refractivity contribution in [1.29, 1.82) is 0 Å². The molecule has 0 aromatic carbocycles. The summed E-state index contributed by atoms with van der Waals surface area (Å²) in [4.78, 5) is 0. The molecule has 0 amide bonds. The van der Waals surface area contributed by atoms with Crippen molar-refractivity contribution >= 4 is 0 Å². The molecule has 5 unspecified atom stereocenters. The van der Waals surface area contributed by atoms with Gasteiger partial charge in [0.1, 0.15) is 0 Å². The first-order valence-electron chi connectivity index (χ1n) is 8.83. The maximum absolute atomic E-state index is 6.36. The van der Waals surface area contributed by atoms with Gasteiger partial charge in [-0.05, 0) is 55.3 Å². The topological polar surface area (TPSA) is 26.0 Å². The smallest absolute Gasteiger partial charge is 0.00697 e. The maximum Gasteiger partial charge on any atom is 0.00697 e. The SMILES string of the molecule is CC(C)C1CCCC(CC(C)C2CCCCC2N)C1. The Bertz CT molecular complexity index is 260. The minimum absolute atomic E-state index is 0.494. The first-order chi connectivity index (χ1) is 9.08. The lowest BCUT2D eigenvalue weighted by Gasteiger charge is -2.38. The van der Waals surface area contributed by atoms with Gasteiger partial charge in [-0.2, -0.15) is 0 Å². The van der Waals surface area contributed by atoms with Crippen LogP contribution in [-0.4, -0.2) is 6.04 Å². The van der Waals surface area contributed by atoms with Crippen molar-refractivity contribution in [1.82, 2.24) is 0 Å². The van der Waals surface area contributed by atoms with E-state index in [9.17, 15) is 0 Å². The summed E-state index contributed by atoms with van der Waals surface area (Å²) in [5.41, 5.74) is 6.36. The third-order valence-corrected chi connectivity index (χ3v) is 6.08. The van der Waals surface area contributed by atoms with Crippen LogP contribution in [0.1, 0.15) is 78.6 Å². The van der Waals surface area contributed by atoms with Crippen molar-refractivity contribution in [3.05, 3.63) is 0 Å². The highest BCUT2D eigenvalue weighted by Crippen LogP contribution is 2.39. The van der Waals surface area contributed by atoms with Gasteiger partial charge in [0.2, 0.25) is 0 Å². The molecule has 2 N–H and O–H groups in total. The van der Waals surface area contributed by atoms with E-state index in [1.165, 1.54) is 57.8 Å². The summed E-state index contributed by atoms with van der Waals surface area (Å²) in [7, 11) is 0. The molecule has 2 saturated carbocycles. The molecule has 2 rings (SSSR count). The van der Waals surface area contributed by atoms with Gasteiger partial charge < -0.3 is 5.73 Å².